The van der Waals surface area contributed by atoms with Gasteiger partial charge in [-0.15, -0.1) is 0 Å². The zero-order valence-electron chi connectivity index (χ0n) is 10.1. The number of fused-ring (bicyclic) bond motifs is 1. The van der Waals surface area contributed by atoms with Crippen LogP contribution in [0, 0.1) is 5.92 Å². The maximum absolute atomic E-state index is 11.9. The summed E-state index contributed by atoms with van der Waals surface area (Å²) < 4.78 is 23.6. The van der Waals surface area contributed by atoms with Crippen LogP contribution in [-0.4, -0.2) is 26.6 Å². The van der Waals surface area contributed by atoms with Crippen LogP contribution in [0.15, 0.2) is 28.5 Å². The van der Waals surface area contributed by atoms with E-state index in [-0.39, 0.29) is 16.7 Å². The number of carbonyl (C=O) groups excluding carboxylic acids is 1. The number of sulfone groups is 1. The fourth-order valence-corrected chi connectivity index (χ4v) is 3.93. The molecule has 1 aromatic rings. The van der Waals surface area contributed by atoms with Gasteiger partial charge in [0.05, 0.1) is 4.90 Å². The molecule has 0 aromatic heterocycles. The lowest BCUT2D eigenvalue weighted by Crippen LogP contribution is -2.24. The van der Waals surface area contributed by atoms with Gasteiger partial charge in [0.2, 0.25) is 15.7 Å². The number of amides is 1. The summed E-state index contributed by atoms with van der Waals surface area (Å²) >= 11 is 4.22. The van der Waals surface area contributed by atoms with Gasteiger partial charge in [0.25, 0.3) is 0 Å². The molecule has 2 heterocycles. The van der Waals surface area contributed by atoms with Gasteiger partial charge < -0.3 is 4.90 Å². The van der Waals surface area contributed by atoms with Gasteiger partial charge in [-0.25, -0.2) is 8.42 Å². The molecule has 6 heteroatoms. The van der Waals surface area contributed by atoms with E-state index in [1.807, 2.05) is 0 Å². The van der Waals surface area contributed by atoms with Crippen LogP contribution in [-0.2, 0) is 14.6 Å². The van der Waals surface area contributed by atoms with E-state index in [1.54, 1.807) is 29.2 Å². The van der Waals surface area contributed by atoms with E-state index in [9.17, 15) is 13.2 Å². The molecule has 1 fully saturated rings. The highest BCUT2D eigenvalue weighted by Crippen LogP contribution is 2.33. The number of anilines is 1. The van der Waals surface area contributed by atoms with Gasteiger partial charge >= 0.3 is 0 Å². The Labute approximate surface area is 117 Å². The first-order valence-electron chi connectivity index (χ1n) is 6.00. The van der Waals surface area contributed by atoms with Crippen molar-refractivity contribution in [2.75, 3.05) is 17.2 Å². The molecule has 0 bridgehead atoms. The molecule has 0 N–H and O–H groups in total. The Kier molecular flexibility index (Phi) is 2.94. The number of nitrogens with zero attached hydrogens (tertiary/aromatic N) is 1. The molecule has 4 nitrogen and oxygen atoms in total. The second kappa shape index (κ2) is 4.38. The summed E-state index contributed by atoms with van der Waals surface area (Å²) in [5, 5.41) is 1.20. The SMILES string of the molecule is O=C1CC(CS)CN1c1ccc2c(c1)S(=O)(=O)C=C2. The fraction of sp³-hybridized carbons (Fsp3) is 0.308. The molecular weight excluding hydrogens is 282 g/mol. The third-order valence-electron chi connectivity index (χ3n) is 3.51. The monoisotopic (exact) mass is 295 g/mol. The highest BCUT2D eigenvalue weighted by Gasteiger charge is 2.31. The Morgan fingerprint density at radius 1 is 1.37 bits per heavy atom. The van der Waals surface area contributed by atoms with E-state index in [2.05, 4.69) is 12.6 Å². The summed E-state index contributed by atoms with van der Waals surface area (Å²) in [6, 6.07) is 5.12. The zero-order valence-corrected chi connectivity index (χ0v) is 11.8. The van der Waals surface area contributed by atoms with Crippen molar-refractivity contribution in [2.45, 2.75) is 11.3 Å². The third-order valence-corrected chi connectivity index (χ3v) is 5.48. The molecule has 100 valence electrons. The summed E-state index contributed by atoms with van der Waals surface area (Å²) in [5.41, 5.74) is 1.33. The van der Waals surface area contributed by atoms with E-state index in [0.717, 1.165) is 0 Å². The zero-order chi connectivity index (χ0) is 13.6. The molecule has 19 heavy (non-hydrogen) atoms. The van der Waals surface area contributed by atoms with Crippen LogP contribution < -0.4 is 4.90 Å². The molecule has 0 radical (unpaired) electrons. The molecule has 0 spiro atoms. The first-order valence-corrected chi connectivity index (χ1v) is 8.17. The van der Waals surface area contributed by atoms with Gasteiger partial charge in [-0.2, -0.15) is 12.6 Å². The highest BCUT2D eigenvalue weighted by atomic mass is 32.2. The molecule has 3 rings (SSSR count). The summed E-state index contributed by atoms with van der Waals surface area (Å²) in [4.78, 5) is 13.9. The Hall–Kier alpha value is -1.27. The largest absolute Gasteiger partial charge is 0.312 e. The van der Waals surface area contributed by atoms with Crippen molar-refractivity contribution in [2.24, 2.45) is 5.92 Å². The van der Waals surface area contributed by atoms with Crippen molar-refractivity contribution in [3.05, 3.63) is 29.2 Å². The quantitative estimate of drug-likeness (QED) is 0.845. The minimum Gasteiger partial charge on any atom is -0.312 e. The smallest absolute Gasteiger partial charge is 0.227 e. The van der Waals surface area contributed by atoms with Crippen LogP contribution in [0.1, 0.15) is 12.0 Å². The average molecular weight is 295 g/mol. The van der Waals surface area contributed by atoms with Crippen molar-refractivity contribution in [1.29, 1.82) is 0 Å². The van der Waals surface area contributed by atoms with Gasteiger partial charge in [0, 0.05) is 24.1 Å². The molecule has 1 amide bonds. The van der Waals surface area contributed by atoms with E-state index in [4.69, 9.17) is 0 Å². The maximum Gasteiger partial charge on any atom is 0.227 e. The Bertz CT molecular complexity index is 679. The van der Waals surface area contributed by atoms with Crippen LogP contribution in [0.2, 0.25) is 0 Å². The molecule has 1 saturated heterocycles. The van der Waals surface area contributed by atoms with Crippen molar-refractivity contribution < 1.29 is 13.2 Å². The molecule has 2 aliphatic rings. The predicted octanol–water partition coefficient (Wildman–Crippen LogP) is 1.73. The van der Waals surface area contributed by atoms with Crippen LogP contribution in [0.5, 0.6) is 0 Å². The summed E-state index contributed by atoms with van der Waals surface area (Å²) in [7, 11) is -3.33. The third kappa shape index (κ3) is 2.08. The molecule has 2 aliphatic heterocycles. The van der Waals surface area contributed by atoms with Gasteiger partial charge in [-0.3, -0.25) is 4.79 Å². The summed E-state index contributed by atoms with van der Waals surface area (Å²) in [6.45, 7) is 0.606. The lowest BCUT2D eigenvalue weighted by atomic mass is 10.1. The average Bonchev–Trinajstić information content (AvgIpc) is 2.90. The van der Waals surface area contributed by atoms with E-state index < -0.39 is 9.84 Å². The first-order chi connectivity index (χ1) is 9.01. The molecule has 0 aliphatic carbocycles. The van der Waals surface area contributed by atoms with Crippen molar-refractivity contribution >= 4 is 40.1 Å². The number of hydrogen-bond acceptors (Lipinski definition) is 4. The van der Waals surface area contributed by atoms with Crippen molar-refractivity contribution in [1.82, 2.24) is 0 Å². The van der Waals surface area contributed by atoms with E-state index in [1.165, 1.54) is 5.41 Å². The number of benzene rings is 1. The van der Waals surface area contributed by atoms with Crippen LogP contribution >= 0.6 is 12.6 Å². The minimum absolute atomic E-state index is 0.0300. The van der Waals surface area contributed by atoms with Gasteiger partial charge in [0.15, 0.2) is 0 Å². The standard InChI is InChI=1S/C13H13NO3S2/c15-13-5-9(8-18)7-14(13)11-2-1-10-3-4-19(16,17)12(10)6-11/h1-4,6,9,18H,5,7-8H2. The highest BCUT2D eigenvalue weighted by molar-refractivity contribution is 7.94. The minimum atomic E-state index is -3.33. The van der Waals surface area contributed by atoms with Gasteiger partial charge in [0.1, 0.15) is 0 Å². The van der Waals surface area contributed by atoms with Crippen LogP contribution in [0.3, 0.4) is 0 Å². The van der Waals surface area contributed by atoms with Gasteiger partial charge in [-0.1, -0.05) is 6.07 Å². The first kappa shape index (κ1) is 12.7. The fourth-order valence-electron chi connectivity index (χ4n) is 2.46. The Balaban J connectivity index is 1.99. The van der Waals surface area contributed by atoms with Crippen LogP contribution in [0.25, 0.3) is 6.08 Å². The van der Waals surface area contributed by atoms with Crippen molar-refractivity contribution in [3.8, 4) is 0 Å². The molecule has 1 unspecified atom stereocenters. The normalized spacial score (nSPS) is 23.9. The maximum atomic E-state index is 11.9. The molecule has 0 saturated carbocycles. The summed E-state index contributed by atoms with van der Waals surface area (Å²) in [5.74, 6) is 0.925. The number of rotatable bonds is 2. The van der Waals surface area contributed by atoms with Gasteiger partial charge in [-0.05, 0) is 35.4 Å². The Morgan fingerprint density at radius 2 is 2.16 bits per heavy atom. The van der Waals surface area contributed by atoms with Crippen molar-refractivity contribution in [3.63, 3.8) is 0 Å². The number of hydrogen-bond donors (Lipinski definition) is 1. The lowest BCUT2D eigenvalue weighted by Gasteiger charge is -2.17. The predicted molar refractivity (Wildman–Crippen MR) is 77.0 cm³/mol. The number of carbonyl (C=O) groups is 1. The second-order valence-electron chi connectivity index (χ2n) is 4.83. The van der Waals surface area contributed by atoms with E-state index >= 15 is 0 Å². The van der Waals surface area contributed by atoms with E-state index in [0.29, 0.717) is 30.0 Å². The Morgan fingerprint density at radius 3 is 2.84 bits per heavy atom. The molecule has 1 aromatic carbocycles. The second-order valence-corrected chi connectivity index (χ2v) is 6.99. The molecular formula is C13H13NO3S2. The topological polar surface area (TPSA) is 54.5 Å². The molecule has 1 atom stereocenters. The number of thiol groups is 1. The summed E-state index contributed by atoms with van der Waals surface area (Å²) in [6.07, 6.45) is 2.06. The lowest BCUT2D eigenvalue weighted by molar-refractivity contribution is -0.117. The van der Waals surface area contributed by atoms with Crippen LogP contribution in [0.4, 0.5) is 5.69 Å².